The van der Waals surface area contributed by atoms with Crippen molar-refractivity contribution in [2.75, 3.05) is 11.9 Å². The van der Waals surface area contributed by atoms with Gasteiger partial charge in [-0.2, -0.15) is 5.26 Å². The maximum Gasteiger partial charge on any atom is 0.130 e. The summed E-state index contributed by atoms with van der Waals surface area (Å²) in [6.07, 6.45) is 0. The Kier molecular flexibility index (Phi) is 3.82. The third-order valence-corrected chi connectivity index (χ3v) is 3.13. The lowest BCUT2D eigenvalue weighted by Gasteiger charge is -2.20. The first-order valence-electron chi connectivity index (χ1n) is 6.24. The molecule has 0 atom stereocenters. The highest BCUT2D eigenvalue weighted by Crippen LogP contribution is 2.17. The second-order valence-electron chi connectivity index (χ2n) is 4.75. The molecule has 2 aromatic rings. The average Bonchev–Trinajstić information content (AvgIpc) is 2.40. The second-order valence-corrected chi connectivity index (χ2v) is 4.75. The number of aryl methyl sites for hydroxylation is 2. The van der Waals surface area contributed by atoms with Crippen molar-refractivity contribution >= 4 is 5.82 Å². The van der Waals surface area contributed by atoms with E-state index in [4.69, 9.17) is 5.26 Å². The normalized spacial score (nSPS) is 10.0. The monoisotopic (exact) mass is 251 g/mol. The Morgan fingerprint density at radius 2 is 1.95 bits per heavy atom. The van der Waals surface area contributed by atoms with Crippen molar-refractivity contribution in [2.45, 2.75) is 20.4 Å². The Balaban J connectivity index is 2.26. The van der Waals surface area contributed by atoms with E-state index < -0.39 is 0 Å². The molecule has 0 aliphatic heterocycles. The number of nitriles is 1. The van der Waals surface area contributed by atoms with Crippen LogP contribution in [-0.2, 0) is 6.54 Å². The van der Waals surface area contributed by atoms with E-state index in [1.54, 1.807) is 6.07 Å². The van der Waals surface area contributed by atoms with Crippen LogP contribution in [0.5, 0.6) is 0 Å². The predicted molar refractivity (Wildman–Crippen MR) is 77.0 cm³/mol. The highest BCUT2D eigenvalue weighted by Gasteiger charge is 2.07. The molecule has 0 saturated carbocycles. The molecule has 2 rings (SSSR count). The molecule has 0 radical (unpaired) electrons. The Morgan fingerprint density at radius 1 is 1.21 bits per heavy atom. The fraction of sp³-hybridized carbons (Fsp3) is 0.250. The number of rotatable bonds is 3. The van der Waals surface area contributed by atoms with Crippen molar-refractivity contribution in [3.63, 3.8) is 0 Å². The van der Waals surface area contributed by atoms with Crippen LogP contribution in [0.1, 0.15) is 22.4 Å². The number of benzene rings is 1. The molecule has 1 aromatic carbocycles. The SMILES string of the molecule is Cc1cc(C#N)cc(N(C)Cc2ccccc2C)n1. The first-order chi connectivity index (χ1) is 9.10. The van der Waals surface area contributed by atoms with Gasteiger partial charge in [-0.25, -0.2) is 4.98 Å². The number of nitrogens with zero attached hydrogens (tertiary/aromatic N) is 3. The molecule has 0 N–H and O–H groups in total. The van der Waals surface area contributed by atoms with Gasteiger partial charge < -0.3 is 4.90 Å². The Labute approximate surface area is 114 Å². The molecule has 19 heavy (non-hydrogen) atoms. The van der Waals surface area contributed by atoms with Crippen LogP contribution in [0.25, 0.3) is 0 Å². The summed E-state index contributed by atoms with van der Waals surface area (Å²) in [7, 11) is 2.00. The summed E-state index contributed by atoms with van der Waals surface area (Å²) >= 11 is 0. The standard InChI is InChI=1S/C16H17N3/c1-12-6-4-5-7-15(12)11-19(3)16-9-14(10-17)8-13(2)18-16/h4-9H,11H2,1-3H3. The molecule has 3 heteroatoms. The average molecular weight is 251 g/mol. The third kappa shape index (κ3) is 3.11. The Hall–Kier alpha value is -2.34. The van der Waals surface area contributed by atoms with Crippen molar-refractivity contribution < 1.29 is 0 Å². The first-order valence-corrected chi connectivity index (χ1v) is 6.24. The van der Waals surface area contributed by atoms with Crippen LogP contribution < -0.4 is 4.90 Å². The smallest absolute Gasteiger partial charge is 0.130 e. The number of pyridine rings is 1. The first kappa shape index (κ1) is 13.1. The van der Waals surface area contributed by atoms with Crippen LogP contribution in [0.4, 0.5) is 5.82 Å². The Morgan fingerprint density at radius 3 is 2.63 bits per heavy atom. The van der Waals surface area contributed by atoms with Gasteiger partial charge in [0.05, 0.1) is 11.6 Å². The van der Waals surface area contributed by atoms with E-state index in [2.05, 4.69) is 35.0 Å². The molecule has 1 heterocycles. The summed E-state index contributed by atoms with van der Waals surface area (Å²) in [6.45, 7) is 4.80. The van der Waals surface area contributed by atoms with Gasteiger partial charge in [0.1, 0.15) is 5.82 Å². The summed E-state index contributed by atoms with van der Waals surface area (Å²) in [6, 6.07) is 14.1. The molecule has 0 amide bonds. The fourth-order valence-electron chi connectivity index (χ4n) is 2.04. The highest BCUT2D eigenvalue weighted by atomic mass is 15.2. The fourth-order valence-corrected chi connectivity index (χ4v) is 2.04. The minimum atomic E-state index is 0.652. The molecular formula is C16H17N3. The summed E-state index contributed by atoms with van der Waals surface area (Å²) in [5, 5.41) is 9.01. The summed E-state index contributed by atoms with van der Waals surface area (Å²) in [4.78, 5) is 6.55. The van der Waals surface area contributed by atoms with Crippen molar-refractivity contribution in [3.8, 4) is 6.07 Å². The van der Waals surface area contributed by atoms with E-state index in [1.165, 1.54) is 11.1 Å². The molecule has 96 valence electrons. The molecule has 0 spiro atoms. The topological polar surface area (TPSA) is 39.9 Å². The van der Waals surface area contributed by atoms with Gasteiger partial charge in [-0.3, -0.25) is 0 Å². The molecule has 0 aliphatic carbocycles. The zero-order valence-electron chi connectivity index (χ0n) is 11.5. The van der Waals surface area contributed by atoms with E-state index >= 15 is 0 Å². The quantitative estimate of drug-likeness (QED) is 0.841. The molecular weight excluding hydrogens is 234 g/mol. The van der Waals surface area contributed by atoms with Crippen molar-refractivity contribution in [1.82, 2.24) is 4.98 Å². The van der Waals surface area contributed by atoms with E-state index in [1.807, 2.05) is 32.2 Å². The van der Waals surface area contributed by atoms with E-state index in [9.17, 15) is 0 Å². The van der Waals surface area contributed by atoms with Crippen LogP contribution in [0, 0.1) is 25.2 Å². The lowest BCUT2D eigenvalue weighted by atomic mass is 10.1. The number of aromatic nitrogens is 1. The lowest BCUT2D eigenvalue weighted by Crippen LogP contribution is -2.18. The minimum absolute atomic E-state index is 0.652. The summed E-state index contributed by atoms with van der Waals surface area (Å²) in [5.74, 6) is 0.833. The zero-order valence-corrected chi connectivity index (χ0v) is 11.5. The van der Waals surface area contributed by atoms with Crippen LogP contribution in [0.15, 0.2) is 36.4 Å². The summed E-state index contributed by atoms with van der Waals surface area (Å²) < 4.78 is 0. The maximum atomic E-state index is 9.01. The highest BCUT2D eigenvalue weighted by molar-refractivity contribution is 5.47. The van der Waals surface area contributed by atoms with Gasteiger partial charge in [0.2, 0.25) is 0 Å². The lowest BCUT2D eigenvalue weighted by molar-refractivity contribution is 0.885. The molecule has 1 aromatic heterocycles. The third-order valence-electron chi connectivity index (χ3n) is 3.13. The molecule has 3 nitrogen and oxygen atoms in total. The maximum absolute atomic E-state index is 9.01. The molecule has 0 fully saturated rings. The van der Waals surface area contributed by atoms with Gasteiger partial charge in [-0.1, -0.05) is 24.3 Å². The van der Waals surface area contributed by atoms with Crippen LogP contribution in [0.2, 0.25) is 0 Å². The van der Waals surface area contributed by atoms with E-state index in [0.29, 0.717) is 5.56 Å². The number of hydrogen-bond acceptors (Lipinski definition) is 3. The van der Waals surface area contributed by atoms with Gasteiger partial charge >= 0.3 is 0 Å². The van der Waals surface area contributed by atoms with Crippen LogP contribution in [0.3, 0.4) is 0 Å². The zero-order chi connectivity index (χ0) is 13.8. The van der Waals surface area contributed by atoms with Gasteiger partial charge in [0.15, 0.2) is 0 Å². The largest absolute Gasteiger partial charge is 0.355 e. The second kappa shape index (κ2) is 5.53. The van der Waals surface area contributed by atoms with Crippen molar-refractivity contribution in [1.29, 1.82) is 5.26 Å². The molecule has 0 aliphatic rings. The minimum Gasteiger partial charge on any atom is -0.355 e. The molecule has 0 unspecified atom stereocenters. The van der Waals surface area contributed by atoms with Gasteiger partial charge in [0.25, 0.3) is 0 Å². The van der Waals surface area contributed by atoms with Crippen molar-refractivity contribution in [3.05, 3.63) is 58.8 Å². The van der Waals surface area contributed by atoms with E-state index in [-0.39, 0.29) is 0 Å². The number of anilines is 1. The summed E-state index contributed by atoms with van der Waals surface area (Å²) in [5.41, 5.74) is 4.05. The van der Waals surface area contributed by atoms with E-state index in [0.717, 1.165) is 18.1 Å². The van der Waals surface area contributed by atoms with Gasteiger partial charge in [0, 0.05) is 19.3 Å². The molecule has 0 saturated heterocycles. The van der Waals surface area contributed by atoms with Crippen LogP contribution in [-0.4, -0.2) is 12.0 Å². The van der Waals surface area contributed by atoms with Gasteiger partial charge in [-0.05, 0) is 37.1 Å². The van der Waals surface area contributed by atoms with Crippen molar-refractivity contribution in [2.24, 2.45) is 0 Å². The van der Waals surface area contributed by atoms with Gasteiger partial charge in [-0.15, -0.1) is 0 Å². The Bertz CT molecular complexity index is 626. The molecule has 0 bridgehead atoms. The number of hydrogen-bond donors (Lipinski definition) is 0. The predicted octanol–water partition coefficient (Wildman–Crippen LogP) is 3.21. The van der Waals surface area contributed by atoms with Crippen LogP contribution >= 0.6 is 0 Å².